The van der Waals surface area contributed by atoms with Crippen molar-refractivity contribution < 1.29 is 9.53 Å². The number of methoxy groups -OCH3 is 1. The molecule has 4 aromatic rings. The molecule has 10 heteroatoms. The zero-order valence-corrected chi connectivity index (χ0v) is 19.1. The molecule has 0 aliphatic carbocycles. The van der Waals surface area contributed by atoms with Gasteiger partial charge in [-0.15, -0.1) is 11.3 Å². The monoisotopic (exact) mass is 489 g/mol. The van der Waals surface area contributed by atoms with Crippen LogP contribution in [0.3, 0.4) is 0 Å². The minimum absolute atomic E-state index is 0.000880. The summed E-state index contributed by atoms with van der Waals surface area (Å²) in [5, 5.41) is 5.22. The zero-order valence-electron chi connectivity index (χ0n) is 16.8. The molecular formula is C22H17Cl2N3O4S. The average molecular weight is 490 g/mol. The van der Waals surface area contributed by atoms with E-state index in [4.69, 9.17) is 27.9 Å². The molecule has 4 rings (SSSR count). The van der Waals surface area contributed by atoms with Crippen LogP contribution in [0.5, 0.6) is 5.75 Å². The number of aromatic nitrogens is 2. The fraction of sp³-hybridized carbons (Fsp3) is 0.136. The number of halogens is 2. The third-order valence-corrected chi connectivity index (χ3v) is 6.42. The van der Waals surface area contributed by atoms with Crippen molar-refractivity contribution in [1.82, 2.24) is 9.13 Å². The van der Waals surface area contributed by atoms with Crippen LogP contribution >= 0.6 is 34.5 Å². The highest BCUT2D eigenvalue weighted by molar-refractivity contribution is 7.17. The van der Waals surface area contributed by atoms with Crippen molar-refractivity contribution in [2.45, 2.75) is 13.1 Å². The van der Waals surface area contributed by atoms with Gasteiger partial charge >= 0.3 is 5.69 Å². The maximum absolute atomic E-state index is 13.2. The number of nitrogens with one attached hydrogen (secondary N) is 1. The van der Waals surface area contributed by atoms with E-state index >= 15 is 0 Å². The lowest BCUT2D eigenvalue weighted by molar-refractivity contribution is -0.116. The average Bonchev–Trinajstić information content (AvgIpc) is 3.25. The predicted molar refractivity (Wildman–Crippen MR) is 128 cm³/mol. The Kier molecular flexibility index (Phi) is 6.36. The Morgan fingerprint density at radius 1 is 1.06 bits per heavy atom. The van der Waals surface area contributed by atoms with E-state index in [1.54, 1.807) is 53.9 Å². The molecule has 0 spiro atoms. The van der Waals surface area contributed by atoms with Gasteiger partial charge in [-0.05, 0) is 41.3 Å². The van der Waals surface area contributed by atoms with E-state index in [1.165, 1.54) is 23.0 Å². The SMILES string of the molecule is COc1ccc(NC(=O)Cn2c(=O)n(Cc3ccccc3Cl)c(=O)c3sccc32)cc1Cl. The Hall–Kier alpha value is -3.07. The van der Waals surface area contributed by atoms with Gasteiger partial charge in [0.15, 0.2) is 0 Å². The van der Waals surface area contributed by atoms with E-state index in [2.05, 4.69) is 5.32 Å². The largest absolute Gasteiger partial charge is 0.495 e. The van der Waals surface area contributed by atoms with Gasteiger partial charge in [-0.3, -0.25) is 18.7 Å². The fourth-order valence-corrected chi connectivity index (χ4v) is 4.61. The molecule has 0 radical (unpaired) electrons. The van der Waals surface area contributed by atoms with Gasteiger partial charge in [0.1, 0.15) is 17.0 Å². The van der Waals surface area contributed by atoms with Crippen LogP contribution in [0, 0.1) is 0 Å². The molecule has 2 aromatic heterocycles. The fourth-order valence-electron chi connectivity index (χ4n) is 3.31. The van der Waals surface area contributed by atoms with Gasteiger partial charge in [0.2, 0.25) is 5.91 Å². The molecule has 32 heavy (non-hydrogen) atoms. The normalized spacial score (nSPS) is 11.0. The Labute approximate surface area is 196 Å². The van der Waals surface area contributed by atoms with Crippen LogP contribution < -0.4 is 21.3 Å². The quantitative estimate of drug-likeness (QED) is 0.439. The molecule has 0 aliphatic rings. The molecule has 1 N–H and O–H groups in total. The number of thiophene rings is 1. The lowest BCUT2D eigenvalue weighted by Crippen LogP contribution is -2.41. The minimum atomic E-state index is -0.594. The second-order valence-corrected chi connectivity index (χ2v) is 8.61. The van der Waals surface area contributed by atoms with Crippen molar-refractivity contribution in [3.05, 3.63) is 90.4 Å². The first-order chi connectivity index (χ1) is 15.4. The summed E-state index contributed by atoms with van der Waals surface area (Å²) < 4.78 is 7.87. The van der Waals surface area contributed by atoms with Gasteiger partial charge in [0, 0.05) is 10.7 Å². The topological polar surface area (TPSA) is 82.3 Å². The molecule has 0 fully saturated rings. The number of benzene rings is 2. The number of hydrogen-bond acceptors (Lipinski definition) is 5. The van der Waals surface area contributed by atoms with Crippen molar-refractivity contribution in [3.63, 3.8) is 0 Å². The van der Waals surface area contributed by atoms with Crippen LogP contribution in [-0.4, -0.2) is 22.2 Å². The second-order valence-electron chi connectivity index (χ2n) is 6.88. The van der Waals surface area contributed by atoms with E-state index < -0.39 is 17.2 Å². The number of rotatable bonds is 6. The molecule has 0 unspecified atom stereocenters. The Bertz CT molecular complexity index is 1440. The van der Waals surface area contributed by atoms with E-state index in [0.717, 1.165) is 4.57 Å². The van der Waals surface area contributed by atoms with Gasteiger partial charge in [0.25, 0.3) is 5.56 Å². The van der Waals surface area contributed by atoms with Crippen LogP contribution in [0.2, 0.25) is 10.0 Å². The van der Waals surface area contributed by atoms with E-state index in [1.807, 2.05) is 0 Å². The molecule has 1 amide bonds. The summed E-state index contributed by atoms with van der Waals surface area (Å²) in [5.41, 5.74) is 0.485. The summed E-state index contributed by atoms with van der Waals surface area (Å²) in [5.74, 6) is 0.0382. The van der Waals surface area contributed by atoms with Crippen LogP contribution in [-0.2, 0) is 17.9 Å². The Balaban J connectivity index is 1.69. The van der Waals surface area contributed by atoms with E-state index in [9.17, 15) is 14.4 Å². The highest BCUT2D eigenvalue weighted by Gasteiger charge is 2.17. The van der Waals surface area contributed by atoms with Crippen LogP contribution in [0.25, 0.3) is 10.2 Å². The number of amides is 1. The number of hydrogen-bond donors (Lipinski definition) is 1. The highest BCUT2D eigenvalue weighted by Crippen LogP contribution is 2.27. The van der Waals surface area contributed by atoms with Crippen molar-refractivity contribution in [2.24, 2.45) is 0 Å². The van der Waals surface area contributed by atoms with Crippen molar-refractivity contribution in [3.8, 4) is 5.75 Å². The Morgan fingerprint density at radius 2 is 1.84 bits per heavy atom. The summed E-state index contributed by atoms with van der Waals surface area (Å²) in [4.78, 5) is 38.9. The van der Waals surface area contributed by atoms with E-state index in [0.29, 0.717) is 37.3 Å². The summed E-state index contributed by atoms with van der Waals surface area (Å²) in [6, 6.07) is 13.5. The molecule has 0 saturated heterocycles. The van der Waals surface area contributed by atoms with E-state index in [-0.39, 0.29) is 13.1 Å². The number of carbonyl (C=O) groups is 1. The standard InChI is InChI=1S/C22H17Cl2N3O4S/c1-31-18-7-6-14(10-16(18)24)25-19(28)12-26-17-8-9-32-20(17)21(29)27(22(26)30)11-13-4-2-3-5-15(13)23/h2-10H,11-12H2,1H3,(H,25,28). The Morgan fingerprint density at radius 3 is 2.56 bits per heavy atom. The number of fused-ring (bicyclic) bond motifs is 1. The second kappa shape index (κ2) is 9.20. The van der Waals surface area contributed by atoms with Crippen molar-refractivity contribution in [1.29, 1.82) is 0 Å². The summed E-state index contributed by atoms with van der Waals surface area (Å²) in [7, 11) is 1.50. The number of anilines is 1. The molecule has 0 saturated carbocycles. The van der Waals surface area contributed by atoms with Gasteiger partial charge in [-0.2, -0.15) is 0 Å². The van der Waals surface area contributed by atoms with Gasteiger partial charge in [-0.25, -0.2) is 4.79 Å². The molecule has 0 aliphatic heterocycles. The van der Waals surface area contributed by atoms with Crippen molar-refractivity contribution in [2.75, 3.05) is 12.4 Å². The molecule has 164 valence electrons. The third kappa shape index (κ3) is 4.29. The third-order valence-electron chi connectivity index (χ3n) is 4.86. The smallest absolute Gasteiger partial charge is 0.332 e. The lowest BCUT2D eigenvalue weighted by atomic mass is 10.2. The van der Waals surface area contributed by atoms with Gasteiger partial charge < -0.3 is 10.1 Å². The summed E-state index contributed by atoms with van der Waals surface area (Å²) in [6.45, 7) is -0.278. The lowest BCUT2D eigenvalue weighted by Gasteiger charge is -2.13. The highest BCUT2D eigenvalue weighted by atomic mass is 35.5. The number of ether oxygens (including phenoxy) is 1. The molecule has 7 nitrogen and oxygen atoms in total. The number of nitrogens with zero attached hydrogens (tertiary/aromatic N) is 2. The summed E-state index contributed by atoms with van der Waals surface area (Å²) in [6.07, 6.45) is 0. The van der Waals surface area contributed by atoms with Gasteiger partial charge in [-0.1, -0.05) is 41.4 Å². The zero-order chi connectivity index (χ0) is 22.8. The molecule has 2 heterocycles. The van der Waals surface area contributed by atoms with Crippen molar-refractivity contribution >= 4 is 56.3 Å². The van der Waals surface area contributed by atoms with Crippen LogP contribution in [0.1, 0.15) is 5.56 Å². The first-order valence-corrected chi connectivity index (χ1v) is 11.1. The summed E-state index contributed by atoms with van der Waals surface area (Å²) >= 11 is 13.5. The first-order valence-electron chi connectivity index (χ1n) is 9.46. The van der Waals surface area contributed by atoms with Crippen LogP contribution in [0.4, 0.5) is 5.69 Å². The number of carbonyl (C=O) groups excluding carboxylic acids is 1. The predicted octanol–water partition coefficient (Wildman–Crippen LogP) is 4.23. The molecule has 2 aromatic carbocycles. The maximum atomic E-state index is 13.2. The first kappa shape index (κ1) is 22.1. The molecular weight excluding hydrogens is 473 g/mol. The maximum Gasteiger partial charge on any atom is 0.332 e. The van der Waals surface area contributed by atoms with Crippen LogP contribution in [0.15, 0.2) is 63.5 Å². The van der Waals surface area contributed by atoms with Gasteiger partial charge in [0.05, 0.1) is 24.2 Å². The minimum Gasteiger partial charge on any atom is -0.495 e. The molecule has 0 atom stereocenters. The molecule has 0 bridgehead atoms.